The number of carbonyl (C=O) groups is 1. The molecule has 0 spiro atoms. The van der Waals surface area contributed by atoms with Gasteiger partial charge in [0.15, 0.2) is 5.82 Å². The molecule has 0 aliphatic heterocycles. The van der Waals surface area contributed by atoms with E-state index in [4.69, 9.17) is 0 Å². The standard InChI is InChI=1S/C22H20N6O3/c1-27-13-12-25-22(27)21(29)16-6-8-18(19(14-16)28(30)31)23-10-11-24-20-9-7-15-4-2-3-5-17(15)26-20/h2-9,12-14,23H,10-11H2,1H3,(H,24,26). The lowest BCUT2D eigenvalue weighted by Crippen LogP contribution is -2.15. The van der Waals surface area contributed by atoms with Gasteiger partial charge in [-0.25, -0.2) is 9.97 Å². The highest BCUT2D eigenvalue weighted by molar-refractivity contribution is 6.07. The number of rotatable bonds is 8. The largest absolute Gasteiger partial charge is 0.378 e. The zero-order valence-corrected chi connectivity index (χ0v) is 16.8. The van der Waals surface area contributed by atoms with Crippen LogP contribution in [0.3, 0.4) is 0 Å². The molecule has 0 radical (unpaired) electrons. The number of hydrogen-bond donors (Lipinski definition) is 2. The highest BCUT2D eigenvalue weighted by atomic mass is 16.6. The van der Waals surface area contributed by atoms with Crippen molar-refractivity contribution in [3.05, 3.63) is 88.5 Å². The predicted octanol–water partition coefficient (Wildman–Crippen LogP) is 3.63. The van der Waals surface area contributed by atoms with Gasteiger partial charge in [0.1, 0.15) is 11.5 Å². The molecule has 0 bridgehead atoms. The number of fused-ring (bicyclic) bond motifs is 1. The summed E-state index contributed by atoms with van der Waals surface area (Å²) < 4.78 is 1.58. The maximum atomic E-state index is 12.6. The van der Waals surface area contributed by atoms with E-state index in [1.54, 1.807) is 29.9 Å². The van der Waals surface area contributed by atoms with Crippen LogP contribution < -0.4 is 10.6 Å². The summed E-state index contributed by atoms with van der Waals surface area (Å²) in [7, 11) is 1.70. The maximum absolute atomic E-state index is 12.6. The Balaban J connectivity index is 1.42. The number of benzene rings is 2. The van der Waals surface area contributed by atoms with Crippen LogP contribution in [0, 0.1) is 10.1 Å². The lowest BCUT2D eigenvalue weighted by atomic mass is 10.1. The molecule has 2 aromatic carbocycles. The van der Waals surface area contributed by atoms with Crippen molar-refractivity contribution in [2.24, 2.45) is 7.05 Å². The lowest BCUT2D eigenvalue weighted by Gasteiger charge is -2.10. The van der Waals surface area contributed by atoms with Crippen molar-refractivity contribution in [3.8, 4) is 0 Å². The zero-order chi connectivity index (χ0) is 21.8. The zero-order valence-electron chi connectivity index (χ0n) is 16.8. The van der Waals surface area contributed by atoms with Gasteiger partial charge >= 0.3 is 0 Å². The molecule has 0 aliphatic carbocycles. The Morgan fingerprint density at radius 3 is 2.68 bits per heavy atom. The molecule has 156 valence electrons. The molecule has 0 saturated heterocycles. The minimum atomic E-state index is -0.504. The van der Waals surface area contributed by atoms with Crippen LogP contribution in [-0.4, -0.2) is 38.3 Å². The smallest absolute Gasteiger partial charge is 0.293 e. The molecule has 0 unspecified atom stereocenters. The van der Waals surface area contributed by atoms with E-state index in [1.807, 2.05) is 36.4 Å². The molecule has 0 fully saturated rings. The number of nitrogens with zero attached hydrogens (tertiary/aromatic N) is 4. The van der Waals surface area contributed by atoms with Crippen LogP contribution in [0.25, 0.3) is 10.9 Å². The van der Waals surface area contributed by atoms with Crippen LogP contribution >= 0.6 is 0 Å². The van der Waals surface area contributed by atoms with E-state index in [2.05, 4.69) is 20.6 Å². The topological polar surface area (TPSA) is 115 Å². The number of para-hydroxylation sites is 1. The molecule has 4 rings (SSSR count). The van der Waals surface area contributed by atoms with Gasteiger partial charge in [0.25, 0.3) is 5.69 Å². The number of ketones is 1. The van der Waals surface area contributed by atoms with Gasteiger partial charge < -0.3 is 15.2 Å². The van der Waals surface area contributed by atoms with Gasteiger partial charge in [-0.3, -0.25) is 14.9 Å². The second-order valence-electron chi connectivity index (χ2n) is 6.92. The number of aromatic nitrogens is 3. The summed E-state index contributed by atoms with van der Waals surface area (Å²) >= 11 is 0. The monoisotopic (exact) mass is 416 g/mol. The Labute approximate surface area is 177 Å². The highest BCUT2D eigenvalue weighted by Gasteiger charge is 2.20. The molecule has 2 heterocycles. The quantitative estimate of drug-likeness (QED) is 0.195. The van der Waals surface area contributed by atoms with Gasteiger partial charge in [-0.15, -0.1) is 0 Å². The first-order chi connectivity index (χ1) is 15.0. The van der Waals surface area contributed by atoms with Crippen LogP contribution in [0.1, 0.15) is 16.2 Å². The normalized spacial score (nSPS) is 10.7. The minimum absolute atomic E-state index is 0.163. The van der Waals surface area contributed by atoms with Gasteiger partial charge in [0.05, 0.1) is 10.4 Å². The molecule has 0 aliphatic rings. The fraction of sp³-hybridized carbons (Fsp3) is 0.136. The first-order valence-corrected chi connectivity index (χ1v) is 9.67. The fourth-order valence-electron chi connectivity index (χ4n) is 3.24. The Bertz CT molecular complexity index is 1270. The average Bonchev–Trinajstić information content (AvgIpc) is 3.21. The fourth-order valence-corrected chi connectivity index (χ4v) is 3.24. The molecular weight excluding hydrogens is 396 g/mol. The minimum Gasteiger partial charge on any atom is -0.378 e. The third-order valence-electron chi connectivity index (χ3n) is 4.83. The van der Waals surface area contributed by atoms with E-state index in [9.17, 15) is 14.9 Å². The number of imidazole rings is 1. The average molecular weight is 416 g/mol. The van der Waals surface area contributed by atoms with Gasteiger partial charge in [0.2, 0.25) is 5.78 Å². The number of anilines is 2. The molecule has 0 amide bonds. The summed E-state index contributed by atoms with van der Waals surface area (Å²) in [6, 6.07) is 16.1. The van der Waals surface area contributed by atoms with E-state index in [-0.39, 0.29) is 22.9 Å². The highest BCUT2D eigenvalue weighted by Crippen LogP contribution is 2.26. The van der Waals surface area contributed by atoms with Crippen molar-refractivity contribution in [1.29, 1.82) is 0 Å². The number of hydrogen-bond acceptors (Lipinski definition) is 7. The van der Waals surface area contributed by atoms with Crippen LogP contribution in [-0.2, 0) is 7.05 Å². The van der Waals surface area contributed by atoms with Gasteiger partial charge in [-0.2, -0.15) is 0 Å². The molecule has 2 N–H and O–H groups in total. The van der Waals surface area contributed by atoms with Crippen LogP contribution in [0.2, 0.25) is 0 Å². The van der Waals surface area contributed by atoms with E-state index in [0.29, 0.717) is 18.8 Å². The number of pyridine rings is 1. The molecular formula is C22H20N6O3. The Morgan fingerprint density at radius 2 is 1.90 bits per heavy atom. The van der Waals surface area contributed by atoms with E-state index in [1.165, 1.54) is 12.3 Å². The summed E-state index contributed by atoms with van der Waals surface area (Å²) in [5.41, 5.74) is 1.28. The molecule has 2 aromatic heterocycles. The van der Waals surface area contributed by atoms with Crippen molar-refractivity contribution in [1.82, 2.24) is 14.5 Å². The van der Waals surface area contributed by atoms with Crippen LogP contribution in [0.4, 0.5) is 17.2 Å². The van der Waals surface area contributed by atoms with Crippen molar-refractivity contribution in [2.45, 2.75) is 0 Å². The van der Waals surface area contributed by atoms with Crippen molar-refractivity contribution in [3.63, 3.8) is 0 Å². The Hall–Kier alpha value is -4.27. The summed E-state index contributed by atoms with van der Waals surface area (Å²) in [6.07, 6.45) is 3.16. The second-order valence-corrected chi connectivity index (χ2v) is 6.92. The number of nitrogens with one attached hydrogen (secondary N) is 2. The summed E-state index contributed by atoms with van der Waals surface area (Å²) in [4.78, 5) is 32.2. The number of aryl methyl sites for hydroxylation is 1. The first kappa shape index (κ1) is 20.0. The molecule has 9 nitrogen and oxygen atoms in total. The van der Waals surface area contributed by atoms with Crippen LogP contribution in [0.5, 0.6) is 0 Å². The van der Waals surface area contributed by atoms with Crippen molar-refractivity contribution < 1.29 is 9.72 Å². The van der Waals surface area contributed by atoms with E-state index >= 15 is 0 Å². The summed E-state index contributed by atoms with van der Waals surface area (Å²) in [6.45, 7) is 0.943. The van der Waals surface area contributed by atoms with E-state index in [0.717, 1.165) is 16.7 Å². The second kappa shape index (κ2) is 8.62. The van der Waals surface area contributed by atoms with Crippen molar-refractivity contribution in [2.75, 3.05) is 23.7 Å². The van der Waals surface area contributed by atoms with E-state index < -0.39 is 4.92 Å². The van der Waals surface area contributed by atoms with Gasteiger partial charge in [-0.1, -0.05) is 18.2 Å². The first-order valence-electron chi connectivity index (χ1n) is 9.67. The molecule has 0 atom stereocenters. The number of nitro benzene ring substituents is 1. The molecule has 31 heavy (non-hydrogen) atoms. The number of carbonyl (C=O) groups excluding carboxylic acids is 1. The van der Waals surface area contributed by atoms with Gasteiger partial charge in [0, 0.05) is 49.5 Å². The molecule has 9 heteroatoms. The Morgan fingerprint density at radius 1 is 1.10 bits per heavy atom. The molecule has 4 aromatic rings. The predicted molar refractivity (Wildman–Crippen MR) is 118 cm³/mol. The summed E-state index contributed by atoms with van der Waals surface area (Å²) in [5.74, 6) is 0.583. The SMILES string of the molecule is Cn1ccnc1C(=O)c1ccc(NCCNc2ccc3ccccc3n2)c([N+](=O)[O-])c1. The third-order valence-corrected chi connectivity index (χ3v) is 4.83. The number of nitro groups is 1. The maximum Gasteiger partial charge on any atom is 0.293 e. The Kier molecular flexibility index (Phi) is 5.57. The third kappa shape index (κ3) is 4.35. The molecule has 0 saturated carbocycles. The van der Waals surface area contributed by atoms with Gasteiger partial charge in [-0.05, 0) is 30.3 Å². The van der Waals surface area contributed by atoms with Crippen LogP contribution in [0.15, 0.2) is 67.0 Å². The van der Waals surface area contributed by atoms with Crippen molar-refractivity contribution >= 4 is 33.9 Å². The summed E-state index contributed by atoms with van der Waals surface area (Å²) in [5, 5.41) is 18.8. The lowest BCUT2D eigenvalue weighted by molar-refractivity contribution is -0.384.